The van der Waals surface area contributed by atoms with Crippen LogP contribution in [0.15, 0.2) is 0 Å². The quantitative estimate of drug-likeness (QED) is 0.778. The third-order valence-corrected chi connectivity index (χ3v) is 3.70. The second-order valence-electron chi connectivity index (χ2n) is 5.54. The van der Waals surface area contributed by atoms with Gasteiger partial charge in [0, 0.05) is 0 Å². The van der Waals surface area contributed by atoms with E-state index in [0.29, 0.717) is 12.5 Å². The fourth-order valence-electron chi connectivity index (χ4n) is 2.29. The molecule has 0 saturated carbocycles. The predicted octanol–water partition coefficient (Wildman–Crippen LogP) is 1.37. The van der Waals surface area contributed by atoms with Crippen LogP contribution in [-0.2, 0) is 4.79 Å². The minimum atomic E-state index is -4.36. The van der Waals surface area contributed by atoms with Gasteiger partial charge in [0.2, 0.25) is 5.91 Å². The second-order valence-corrected chi connectivity index (χ2v) is 5.54. The molecule has 1 aliphatic rings. The summed E-state index contributed by atoms with van der Waals surface area (Å²) in [6.45, 7) is 3.15. The number of carbonyl (C=O) groups excluding carboxylic acids is 1. The van der Waals surface area contributed by atoms with Crippen LogP contribution in [-0.4, -0.2) is 56.3 Å². The molecule has 1 saturated heterocycles. The van der Waals surface area contributed by atoms with Crippen molar-refractivity contribution in [1.29, 1.82) is 0 Å². The van der Waals surface area contributed by atoms with Crippen LogP contribution in [0.4, 0.5) is 13.2 Å². The van der Waals surface area contributed by atoms with Crippen molar-refractivity contribution in [2.75, 3.05) is 33.2 Å². The zero-order valence-corrected chi connectivity index (χ0v) is 12.1. The van der Waals surface area contributed by atoms with Crippen LogP contribution in [0.25, 0.3) is 0 Å². The van der Waals surface area contributed by atoms with E-state index in [1.54, 1.807) is 6.92 Å². The van der Waals surface area contributed by atoms with Gasteiger partial charge in [-0.15, -0.1) is 0 Å². The summed E-state index contributed by atoms with van der Waals surface area (Å²) in [6.07, 6.45) is -1.10. The Labute approximate surface area is 118 Å². The summed E-state index contributed by atoms with van der Waals surface area (Å²) in [6, 6.07) is -0.594. The van der Waals surface area contributed by atoms with Gasteiger partial charge in [0.25, 0.3) is 0 Å². The number of nitrogens with zero attached hydrogens (tertiary/aromatic N) is 1. The lowest BCUT2D eigenvalue weighted by molar-refractivity contribution is -0.139. The highest BCUT2D eigenvalue weighted by atomic mass is 19.4. The van der Waals surface area contributed by atoms with Crippen molar-refractivity contribution in [3.05, 3.63) is 0 Å². The summed E-state index contributed by atoms with van der Waals surface area (Å²) in [5.74, 6) is 0.0369. The Bertz CT molecular complexity index is 302. The Balaban J connectivity index is 2.13. The molecule has 1 heterocycles. The van der Waals surface area contributed by atoms with Gasteiger partial charge >= 0.3 is 6.18 Å². The number of alkyl halides is 3. The lowest BCUT2D eigenvalue weighted by Crippen LogP contribution is -2.45. The van der Waals surface area contributed by atoms with Gasteiger partial charge in [-0.3, -0.25) is 4.79 Å². The Kier molecular flexibility index (Phi) is 6.75. The summed E-state index contributed by atoms with van der Waals surface area (Å²) >= 11 is 0. The second kappa shape index (κ2) is 7.83. The van der Waals surface area contributed by atoms with Crippen LogP contribution in [0, 0.1) is 5.92 Å². The minimum Gasteiger partial charge on any atom is -0.346 e. The van der Waals surface area contributed by atoms with E-state index >= 15 is 0 Å². The number of carbonyl (C=O) groups is 1. The van der Waals surface area contributed by atoms with Crippen LogP contribution >= 0.6 is 0 Å². The summed E-state index contributed by atoms with van der Waals surface area (Å²) in [7, 11) is 2.10. The average molecular weight is 295 g/mol. The minimum absolute atomic E-state index is 0.594. The Morgan fingerprint density at radius 3 is 2.50 bits per heavy atom. The molecule has 0 aromatic carbocycles. The number of halogens is 3. The van der Waals surface area contributed by atoms with Gasteiger partial charge in [-0.2, -0.15) is 13.2 Å². The van der Waals surface area contributed by atoms with Gasteiger partial charge in [0.1, 0.15) is 6.54 Å². The molecule has 0 aromatic heterocycles. The van der Waals surface area contributed by atoms with E-state index in [1.165, 1.54) is 0 Å². The summed E-state index contributed by atoms with van der Waals surface area (Å²) in [5, 5.41) is 4.87. The van der Waals surface area contributed by atoms with Crippen molar-refractivity contribution in [3.8, 4) is 0 Å². The molecule has 1 amide bonds. The van der Waals surface area contributed by atoms with Crippen LogP contribution in [0.3, 0.4) is 0 Å². The monoisotopic (exact) mass is 295 g/mol. The zero-order chi connectivity index (χ0) is 15.2. The van der Waals surface area contributed by atoms with Crippen molar-refractivity contribution >= 4 is 5.91 Å². The molecule has 0 radical (unpaired) electrons. The molecule has 2 N–H and O–H groups in total. The van der Waals surface area contributed by atoms with Crippen molar-refractivity contribution in [2.45, 2.75) is 38.4 Å². The molecule has 0 bridgehead atoms. The van der Waals surface area contributed by atoms with Gasteiger partial charge in [0.05, 0.1) is 6.04 Å². The summed E-state index contributed by atoms with van der Waals surface area (Å²) < 4.78 is 35.9. The largest absolute Gasteiger partial charge is 0.405 e. The van der Waals surface area contributed by atoms with Crippen molar-refractivity contribution in [1.82, 2.24) is 15.5 Å². The predicted molar refractivity (Wildman–Crippen MR) is 71.4 cm³/mol. The highest BCUT2D eigenvalue weighted by Gasteiger charge is 2.28. The number of nitrogens with one attached hydrogen (secondary N) is 2. The lowest BCUT2D eigenvalue weighted by Gasteiger charge is -2.29. The lowest BCUT2D eigenvalue weighted by atomic mass is 9.94. The normalized spacial score (nSPS) is 19.9. The fourth-order valence-corrected chi connectivity index (χ4v) is 2.29. The topological polar surface area (TPSA) is 44.4 Å². The highest BCUT2D eigenvalue weighted by molar-refractivity contribution is 5.81. The number of hydrogen-bond acceptors (Lipinski definition) is 3. The standard InChI is InChI=1S/C13H24F3N3O/c1-10(12(20)18-9-13(14,15)16)17-6-3-11-4-7-19(2)8-5-11/h10-11,17H,3-9H2,1-2H3,(H,18,20). The molecule has 1 fully saturated rings. The molecule has 0 spiro atoms. The van der Waals surface area contributed by atoms with E-state index in [0.717, 1.165) is 32.4 Å². The Hall–Kier alpha value is -0.820. The molecule has 1 atom stereocenters. The molecule has 20 heavy (non-hydrogen) atoms. The van der Waals surface area contributed by atoms with Gasteiger partial charge in [-0.1, -0.05) is 0 Å². The van der Waals surface area contributed by atoms with Gasteiger partial charge in [-0.25, -0.2) is 0 Å². The molecule has 7 heteroatoms. The first-order chi connectivity index (χ1) is 9.28. The fraction of sp³-hybridized carbons (Fsp3) is 0.923. The maximum absolute atomic E-state index is 12.0. The van der Waals surface area contributed by atoms with Gasteiger partial charge < -0.3 is 15.5 Å². The average Bonchev–Trinajstić information content (AvgIpc) is 2.37. The summed E-state index contributed by atoms with van der Waals surface area (Å²) in [4.78, 5) is 13.7. The van der Waals surface area contributed by atoms with E-state index in [-0.39, 0.29) is 0 Å². The molecule has 4 nitrogen and oxygen atoms in total. The van der Waals surface area contributed by atoms with E-state index < -0.39 is 24.7 Å². The number of piperidine rings is 1. The molecule has 1 unspecified atom stereocenters. The number of amides is 1. The Morgan fingerprint density at radius 1 is 1.35 bits per heavy atom. The maximum atomic E-state index is 12.0. The third-order valence-electron chi connectivity index (χ3n) is 3.70. The summed E-state index contributed by atoms with van der Waals surface area (Å²) in [5.41, 5.74) is 0. The van der Waals surface area contributed by atoms with E-state index in [2.05, 4.69) is 17.3 Å². The first kappa shape index (κ1) is 17.2. The molecule has 118 valence electrons. The number of rotatable bonds is 6. The zero-order valence-electron chi connectivity index (χ0n) is 12.1. The van der Waals surface area contributed by atoms with E-state index in [1.807, 2.05) is 5.32 Å². The first-order valence-electron chi connectivity index (χ1n) is 7.04. The van der Waals surface area contributed by atoms with E-state index in [4.69, 9.17) is 0 Å². The van der Waals surface area contributed by atoms with Crippen LogP contribution in [0.1, 0.15) is 26.2 Å². The molecule has 1 rings (SSSR count). The molecule has 1 aliphatic heterocycles. The third kappa shape index (κ3) is 7.09. The van der Waals surface area contributed by atoms with Crippen molar-refractivity contribution in [2.24, 2.45) is 5.92 Å². The SMILES string of the molecule is CC(NCCC1CCN(C)CC1)C(=O)NCC(F)(F)F. The highest BCUT2D eigenvalue weighted by Crippen LogP contribution is 2.18. The molecule has 0 aromatic rings. The van der Waals surface area contributed by atoms with Gasteiger partial charge in [-0.05, 0) is 58.8 Å². The van der Waals surface area contributed by atoms with Crippen LogP contribution in [0.5, 0.6) is 0 Å². The van der Waals surface area contributed by atoms with Crippen LogP contribution < -0.4 is 10.6 Å². The smallest absolute Gasteiger partial charge is 0.346 e. The number of likely N-dealkylation sites (tertiary alicyclic amines) is 1. The van der Waals surface area contributed by atoms with E-state index in [9.17, 15) is 18.0 Å². The maximum Gasteiger partial charge on any atom is 0.405 e. The van der Waals surface area contributed by atoms with Crippen molar-refractivity contribution < 1.29 is 18.0 Å². The van der Waals surface area contributed by atoms with Crippen LogP contribution in [0.2, 0.25) is 0 Å². The molecular formula is C13H24F3N3O. The Morgan fingerprint density at radius 2 is 1.95 bits per heavy atom. The molecule has 0 aliphatic carbocycles. The molecular weight excluding hydrogens is 271 g/mol. The van der Waals surface area contributed by atoms with Crippen molar-refractivity contribution in [3.63, 3.8) is 0 Å². The first-order valence-corrected chi connectivity index (χ1v) is 7.04. The number of hydrogen-bond donors (Lipinski definition) is 2. The van der Waals surface area contributed by atoms with Gasteiger partial charge in [0.15, 0.2) is 0 Å².